The predicted molar refractivity (Wildman–Crippen MR) is 126 cm³/mol. The Bertz CT molecular complexity index is 1090. The van der Waals surface area contributed by atoms with Gasteiger partial charge in [0.05, 0.1) is 13.7 Å². The van der Waals surface area contributed by atoms with Crippen LogP contribution >= 0.6 is 11.3 Å². The van der Waals surface area contributed by atoms with Gasteiger partial charge in [-0.25, -0.2) is 4.79 Å². The van der Waals surface area contributed by atoms with Crippen LogP contribution < -0.4 is 10.1 Å². The molecule has 1 aromatic heterocycles. The van der Waals surface area contributed by atoms with Gasteiger partial charge in [0.15, 0.2) is 0 Å². The van der Waals surface area contributed by atoms with Crippen LogP contribution in [-0.4, -0.2) is 25.6 Å². The number of ether oxygens (including phenoxy) is 2. The van der Waals surface area contributed by atoms with Crippen molar-refractivity contribution in [1.82, 2.24) is 0 Å². The second-order valence-electron chi connectivity index (χ2n) is 6.80. The van der Waals surface area contributed by atoms with Gasteiger partial charge in [-0.2, -0.15) is 0 Å². The molecule has 0 spiro atoms. The van der Waals surface area contributed by atoms with Gasteiger partial charge in [-0.15, -0.1) is 11.3 Å². The number of para-hydroxylation sites is 1. The van der Waals surface area contributed by atoms with Crippen LogP contribution in [0.25, 0.3) is 17.2 Å². The number of hydrogen-bond donors (Lipinski definition) is 1. The van der Waals surface area contributed by atoms with Crippen molar-refractivity contribution in [3.8, 4) is 16.9 Å². The standard InChI is InChI=1S/C25H25NO4S/c1-4-16-30-20-13-9-8-10-18(20)14-15-21(27)26-24-23(25(28)29-3)22(17(2)31-24)19-11-6-5-7-12-19/h5-15H,4,16H2,1-3H3,(H,26,27)/b15-14+. The molecule has 0 fully saturated rings. The summed E-state index contributed by atoms with van der Waals surface area (Å²) in [5.41, 5.74) is 2.85. The molecular formula is C25H25NO4S. The predicted octanol–water partition coefficient (Wildman–Crippen LogP) is 5.95. The lowest BCUT2D eigenvalue weighted by Gasteiger charge is -2.08. The van der Waals surface area contributed by atoms with E-state index in [0.717, 1.165) is 33.7 Å². The molecule has 31 heavy (non-hydrogen) atoms. The van der Waals surface area contributed by atoms with Gasteiger partial charge in [-0.05, 0) is 31.1 Å². The number of nitrogens with one attached hydrogen (secondary N) is 1. The molecule has 1 amide bonds. The molecule has 0 saturated carbocycles. The van der Waals surface area contributed by atoms with E-state index in [4.69, 9.17) is 9.47 Å². The Morgan fingerprint density at radius 2 is 1.77 bits per heavy atom. The summed E-state index contributed by atoms with van der Waals surface area (Å²) in [4.78, 5) is 26.1. The van der Waals surface area contributed by atoms with Crippen molar-refractivity contribution in [2.24, 2.45) is 0 Å². The highest BCUT2D eigenvalue weighted by Crippen LogP contribution is 2.40. The van der Waals surface area contributed by atoms with Gasteiger partial charge in [0, 0.05) is 22.1 Å². The summed E-state index contributed by atoms with van der Waals surface area (Å²) < 4.78 is 10.7. The number of esters is 1. The zero-order valence-electron chi connectivity index (χ0n) is 17.8. The van der Waals surface area contributed by atoms with E-state index in [1.54, 1.807) is 6.08 Å². The summed E-state index contributed by atoms with van der Waals surface area (Å²) in [5.74, 6) is -0.0981. The Morgan fingerprint density at radius 1 is 1.06 bits per heavy atom. The lowest BCUT2D eigenvalue weighted by atomic mass is 10.0. The van der Waals surface area contributed by atoms with Crippen LogP contribution in [0.5, 0.6) is 5.75 Å². The third-order valence-electron chi connectivity index (χ3n) is 4.57. The Hall–Kier alpha value is -3.38. The number of thiophene rings is 1. The minimum Gasteiger partial charge on any atom is -0.493 e. The molecule has 0 aliphatic carbocycles. The lowest BCUT2D eigenvalue weighted by molar-refractivity contribution is -0.111. The molecule has 0 atom stereocenters. The molecule has 5 nitrogen and oxygen atoms in total. The molecule has 1 heterocycles. The number of carbonyl (C=O) groups excluding carboxylic acids is 2. The Balaban J connectivity index is 1.87. The van der Waals surface area contributed by atoms with Crippen LogP contribution in [0.2, 0.25) is 0 Å². The van der Waals surface area contributed by atoms with E-state index in [1.807, 2.05) is 68.4 Å². The van der Waals surface area contributed by atoms with Crippen molar-refractivity contribution in [2.75, 3.05) is 19.0 Å². The fourth-order valence-corrected chi connectivity index (χ4v) is 4.23. The molecule has 160 valence electrons. The summed E-state index contributed by atoms with van der Waals surface area (Å²) in [6.07, 6.45) is 4.04. The van der Waals surface area contributed by atoms with E-state index >= 15 is 0 Å². The topological polar surface area (TPSA) is 64.6 Å². The van der Waals surface area contributed by atoms with Crippen molar-refractivity contribution in [3.63, 3.8) is 0 Å². The minimum absolute atomic E-state index is 0.337. The Labute approximate surface area is 186 Å². The van der Waals surface area contributed by atoms with E-state index in [0.29, 0.717) is 17.2 Å². The molecule has 0 aliphatic rings. The first kappa shape index (κ1) is 22.3. The minimum atomic E-state index is -0.485. The average Bonchev–Trinajstić information content (AvgIpc) is 3.12. The van der Waals surface area contributed by atoms with Gasteiger partial charge in [0.1, 0.15) is 16.3 Å². The highest BCUT2D eigenvalue weighted by Gasteiger charge is 2.24. The Morgan fingerprint density at radius 3 is 2.48 bits per heavy atom. The summed E-state index contributed by atoms with van der Waals surface area (Å²) in [6, 6.07) is 17.1. The maximum Gasteiger partial charge on any atom is 0.341 e. The van der Waals surface area contributed by atoms with Crippen LogP contribution in [0.4, 0.5) is 5.00 Å². The van der Waals surface area contributed by atoms with E-state index < -0.39 is 5.97 Å². The number of anilines is 1. The molecular weight excluding hydrogens is 410 g/mol. The van der Waals surface area contributed by atoms with Crippen molar-refractivity contribution in [1.29, 1.82) is 0 Å². The number of hydrogen-bond acceptors (Lipinski definition) is 5. The third kappa shape index (κ3) is 5.41. The quantitative estimate of drug-likeness (QED) is 0.351. The molecule has 1 N–H and O–H groups in total. The first-order chi connectivity index (χ1) is 15.0. The number of aryl methyl sites for hydroxylation is 1. The molecule has 0 unspecified atom stereocenters. The molecule has 0 aliphatic heterocycles. The molecule has 0 bridgehead atoms. The van der Waals surface area contributed by atoms with Gasteiger partial charge < -0.3 is 14.8 Å². The van der Waals surface area contributed by atoms with Gasteiger partial charge >= 0.3 is 5.97 Å². The van der Waals surface area contributed by atoms with Crippen molar-refractivity contribution >= 4 is 34.3 Å². The first-order valence-corrected chi connectivity index (χ1v) is 10.8. The van der Waals surface area contributed by atoms with Crippen LogP contribution in [0, 0.1) is 6.92 Å². The maximum absolute atomic E-state index is 12.6. The van der Waals surface area contributed by atoms with Gasteiger partial charge in [0.2, 0.25) is 5.91 Å². The highest BCUT2D eigenvalue weighted by molar-refractivity contribution is 7.17. The normalized spacial score (nSPS) is 10.8. The van der Waals surface area contributed by atoms with Gasteiger partial charge in [-0.1, -0.05) is 55.5 Å². The Kier molecular flexibility index (Phi) is 7.62. The van der Waals surface area contributed by atoms with Crippen molar-refractivity contribution in [2.45, 2.75) is 20.3 Å². The van der Waals surface area contributed by atoms with Gasteiger partial charge in [0.25, 0.3) is 0 Å². The number of benzene rings is 2. The number of rotatable bonds is 8. The molecule has 2 aromatic carbocycles. The second-order valence-corrected chi connectivity index (χ2v) is 8.03. The van der Waals surface area contributed by atoms with E-state index in [9.17, 15) is 9.59 Å². The molecule has 6 heteroatoms. The molecule has 0 saturated heterocycles. The number of methoxy groups -OCH3 is 1. The molecule has 3 aromatic rings. The fourth-order valence-electron chi connectivity index (χ4n) is 3.16. The van der Waals surface area contributed by atoms with Crippen LogP contribution in [0.15, 0.2) is 60.7 Å². The van der Waals surface area contributed by atoms with Gasteiger partial charge in [-0.3, -0.25) is 4.79 Å². The van der Waals surface area contributed by atoms with Crippen LogP contribution in [0.3, 0.4) is 0 Å². The second kappa shape index (κ2) is 10.6. The zero-order chi connectivity index (χ0) is 22.2. The summed E-state index contributed by atoms with van der Waals surface area (Å²) in [7, 11) is 1.34. The van der Waals surface area contributed by atoms with E-state index in [1.165, 1.54) is 24.5 Å². The average molecular weight is 436 g/mol. The lowest BCUT2D eigenvalue weighted by Crippen LogP contribution is -2.11. The zero-order valence-corrected chi connectivity index (χ0v) is 18.6. The van der Waals surface area contributed by atoms with E-state index in [2.05, 4.69) is 5.32 Å². The third-order valence-corrected chi connectivity index (χ3v) is 5.59. The molecule has 0 radical (unpaired) electrons. The summed E-state index contributed by atoms with van der Waals surface area (Å²) >= 11 is 1.35. The highest BCUT2D eigenvalue weighted by atomic mass is 32.1. The van der Waals surface area contributed by atoms with Crippen molar-refractivity contribution < 1.29 is 19.1 Å². The monoisotopic (exact) mass is 435 g/mol. The summed E-state index contributed by atoms with van der Waals surface area (Å²) in [5, 5.41) is 3.31. The fraction of sp³-hybridized carbons (Fsp3) is 0.200. The number of amides is 1. The van der Waals surface area contributed by atoms with Crippen molar-refractivity contribution in [3.05, 3.63) is 76.7 Å². The number of carbonyl (C=O) groups is 2. The smallest absolute Gasteiger partial charge is 0.341 e. The largest absolute Gasteiger partial charge is 0.493 e. The van der Waals surface area contributed by atoms with Crippen LogP contribution in [0.1, 0.15) is 34.1 Å². The maximum atomic E-state index is 12.6. The first-order valence-electron chi connectivity index (χ1n) is 10.0. The van der Waals surface area contributed by atoms with E-state index in [-0.39, 0.29) is 5.91 Å². The van der Waals surface area contributed by atoms with Crippen LogP contribution in [-0.2, 0) is 9.53 Å². The molecule has 3 rings (SSSR count). The summed E-state index contributed by atoms with van der Waals surface area (Å²) in [6.45, 7) is 4.57. The SMILES string of the molecule is CCCOc1ccccc1/C=C/C(=O)Nc1sc(C)c(-c2ccccc2)c1C(=O)OC.